The zero-order chi connectivity index (χ0) is 11.4. The number of aromatic nitrogens is 2. The summed E-state index contributed by atoms with van der Waals surface area (Å²) in [5.41, 5.74) is 0.431. The smallest absolute Gasteiger partial charge is 0.272 e. The first-order valence-electron chi connectivity index (χ1n) is 5.55. The van der Waals surface area contributed by atoms with Crippen LogP contribution < -0.4 is 10.6 Å². The number of rotatable bonds is 3. The Kier molecular flexibility index (Phi) is 3.84. The van der Waals surface area contributed by atoms with Crippen LogP contribution in [-0.4, -0.2) is 33.8 Å². The lowest BCUT2D eigenvalue weighted by Crippen LogP contribution is -2.41. The number of carbonyl (C=O) groups excluding carboxylic acids is 1. The van der Waals surface area contributed by atoms with Crippen LogP contribution in [-0.2, 0) is 0 Å². The van der Waals surface area contributed by atoms with Gasteiger partial charge in [0.05, 0.1) is 17.9 Å². The van der Waals surface area contributed by atoms with Crippen molar-refractivity contribution in [2.75, 3.05) is 7.05 Å². The summed E-state index contributed by atoms with van der Waals surface area (Å²) in [7, 11) is 1.99. The van der Waals surface area contributed by atoms with Gasteiger partial charge in [-0.3, -0.25) is 4.79 Å². The summed E-state index contributed by atoms with van der Waals surface area (Å²) >= 11 is 1.06. The highest BCUT2D eigenvalue weighted by Crippen LogP contribution is 2.18. The first-order valence-corrected chi connectivity index (χ1v) is 6.28. The van der Waals surface area contributed by atoms with Crippen LogP contribution in [0.2, 0.25) is 0 Å². The van der Waals surface area contributed by atoms with Crippen molar-refractivity contribution < 1.29 is 4.79 Å². The Hall–Kier alpha value is -1.01. The molecule has 1 aromatic heterocycles. The third-order valence-corrected chi connectivity index (χ3v) is 3.54. The summed E-state index contributed by atoms with van der Waals surface area (Å²) in [6.07, 6.45) is 5.83. The molecule has 0 saturated heterocycles. The van der Waals surface area contributed by atoms with E-state index in [1.165, 1.54) is 6.20 Å². The van der Waals surface area contributed by atoms with E-state index >= 15 is 0 Å². The predicted octanol–water partition coefficient (Wildman–Crippen LogP) is 0.798. The number of amides is 1. The maximum atomic E-state index is 11.7. The first-order chi connectivity index (χ1) is 7.79. The summed E-state index contributed by atoms with van der Waals surface area (Å²) < 4.78 is 7.74. The molecule has 16 heavy (non-hydrogen) atoms. The molecule has 0 aliphatic heterocycles. The topological polar surface area (TPSA) is 66.9 Å². The Morgan fingerprint density at radius 2 is 2.06 bits per heavy atom. The molecule has 0 spiro atoms. The van der Waals surface area contributed by atoms with E-state index in [0.29, 0.717) is 17.8 Å². The van der Waals surface area contributed by atoms with Gasteiger partial charge in [0.2, 0.25) is 0 Å². The Balaban J connectivity index is 1.81. The molecule has 6 heteroatoms. The minimum absolute atomic E-state index is 0.0957. The van der Waals surface area contributed by atoms with E-state index in [0.717, 1.165) is 37.4 Å². The van der Waals surface area contributed by atoms with Crippen LogP contribution in [0.3, 0.4) is 0 Å². The molecule has 2 rings (SSSR count). The normalized spacial score (nSPS) is 25.3. The van der Waals surface area contributed by atoms with Gasteiger partial charge in [0, 0.05) is 12.1 Å². The molecule has 0 atom stereocenters. The molecule has 1 amide bonds. The van der Waals surface area contributed by atoms with Gasteiger partial charge < -0.3 is 10.6 Å². The molecule has 1 aliphatic rings. The molecule has 1 fully saturated rings. The second kappa shape index (κ2) is 5.36. The molecule has 1 saturated carbocycles. The molecule has 2 N–H and O–H groups in total. The van der Waals surface area contributed by atoms with Crippen molar-refractivity contribution in [2.45, 2.75) is 37.8 Å². The maximum absolute atomic E-state index is 11.7. The number of hydrogen-bond acceptors (Lipinski definition) is 5. The zero-order valence-corrected chi connectivity index (χ0v) is 10.1. The maximum Gasteiger partial charge on any atom is 0.272 e. The van der Waals surface area contributed by atoms with Gasteiger partial charge >= 0.3 is 0 Å². The Morgan fingerprint density at radius 1 is 1.38 bits per heavy atom. The van der Waals surface area contributed by atoms with Gasteiger partial charge in [-0.2, -0.15) is 8.75 Å². The van der Waals surface area contributed by atoms with Gasteiger partial charge in [-0.05, 0) is 32.7 Å². The lowest BCUT2D eigenvalue weighted by Gasteiger charge is -2.28. The molecule has 1 aromatic rings. The summed E-state index contributed by atoms with van der Waals surface area (Å²) in [4.78, 5) is 11.7. The van der Waals surface area contributed by atoms with Crippen molar-refractivity contribution in [2.24, 2.45) is 0 Å². The van der Waals surface area contributed by atoms with Crippen molar-refractivity contribution in [3.8, 4) is 0 Å². The van der Waals surface area contributed by atoms with Crippen LogP contribution in [0.15, 0.2) is 6.20 Å². The second-order valence-electron chi connectivity index (χ2n) is 4.10. The molecule has 1 aliphatic carbocycles. The summed E-state index contributed by atoms with van der Waals surface area (Å²) in [5.74, 6) is -0.0957. The van der Waals surface area contributed by atoms with Gasteiger partial charge in [-0.15, -0.1) is 0 Å². The van der Waals surface area contributed by atoms with Crippen LogP contribution in [0, 0.1) is 0 Å². The first kappa shape index (κ1) is 11.5. The lowest BCUT2D eigenvalue weighted by atomic mass is 9.91. The Labute approximate surface area is 99.0 Å². The minimum atomic E-state index is -0.0957. The molecule has 0 radical (unpaired) electrons. The van der Waals surface area contributed by atoms with Crippen LogP contribution >= 0.6 is 11.7 Å². The van der Waals surface area contributed by atoms with E-state index < -0.39 is 0 Å². The molecular weight excluding hydrogens is 224 g/mol. The van der Waals surface area contributed by atoms with Crippen molar-refractivity contribution in [1.82, 2.24) is 19.4 Å². The number of nitrogens with one attached hydrogen (secondary N) is 2. The zero-order valence-electron chi connectivity index (χ0n) is 9.27. The number of carbonyl (C=O) groups is 1. The van der Waals surface area contributed by atoms with E-state index in [4.69, 9.17) is 0 Å². The van der Waals surface area contributed by atoms with Crippen molar-refractivity contribution in [1.29, 1.82) is 0 Å². The van der Waals surface area contributed by atoms with Crippen molar-refractivity contribution >= 4 is 17.6 Å². The number of nitrogens with zero attached hydrogens (tertiary/aromatic N) is 2. The van der Waals surface area contributed by atoms with Crippen LogP contribution in [0.1, 0.15) is 36.2 Å². The average molecular weight is 240 g/mol. The van der Waals surface area contributed by atoms with Gasteiger partial charge in [0.1, 0.15) is 0 Å². The van der Waals surface area contributed by atoms with E-state index in [9.17, 15) is 4.79 Å². The number of hydrogen-bond donors (Lipinski definition) is 2. The van der Waals surface area contributed by atoms with E-state index in [-0.39, 0.29) is 5.91 Å². The third-order valence-electron chi connectivity index (χ3n) is 3.06. The summed E-state index contributed by atoms with van der Waals surface area (Å²) in [6.45, 7) is 0. The second-order valence-corrected chi connectivity index (χ2v) is 4.66. The summed E-state index contributed by atoms with van der Waals surface area (Å²) in [5, 5.41) is 6.28. The highest BCUT2D eigenvalue weighted by Gasteiger charge is 2.22. The highest BCUT2D eigenvalue weighted by molar-refractivity contribution is 6.99. The van der Waals surface area contributed by atoms with Crippen LogP contribution in [0.4, 0.5) is 0 Å². The lowest BCUT2D eigenvalue weighted by molar-refractivity contribution is 0.0920. The molecule has 5 nitrogen and oxygen atoms in total. The molecule has 0 bridgehead atoms. The molecule has 88 valence electrons. The van der Waals surface area contributed by atoms with Crippen LogP contribution in [0.25, 0.3) is 0 Å². The SMILES string of the molecule is CNC1CCC(NC(=O)c2cnsn2)CC1. The fourth-order valence-electron chi connectivity index (χ4n) is 2.05. The quantitative estimate of drug-likeness (QED) is 0.820. The van der Waals surface area contributed by atoms with E-state index in [1.54, 1.807) is 0 Å². The monoisotopic (exact) mass is 240 g/mol. The Morgan fingerprint density at radius 3 is 2.62 bits per heavy atom. The predicted molar refractivity (Wildman–Crippen MR) is 62.5 cm³/mol. The largest absolute Gasteiger partial charge is 0.348 e. The van der Waals surface area contributed by atoms with Crippen LogP contribution in [0.5, 0.6) is 0 Å². The fourth-order valence-corrected chi connectivity index (χ4v) is 2.46. The molecule has 1 heterocycles. The standard InChI is InChI=1S/C10H16N4OS/c1-11-7-2-4-8(5-3-7)13-10(15)9-6-12-16-14-9/h6-8,11H,2-5H2,1H3,(H,13,15). The average Bonchev–Trinajstić information content (AvgIpc) is 2.83. The van der Waals surface area contributed by atoms with E-state index in [1.807, 2.05) is 7.05 Å². The van der Waals surface area contributed by atoms with Crippen molar-refractivity contribution in [3.63, 3.8) is 0 Å². The van der Waals surface area contributed by atoms with Gasteiger partial charge in [-0.25, -0.2) is 0 Å². The Bertz CT molecular complexity index is 333. The van der Waals surface area contributed by atoms with Crippen molar-refractivity contribution in [3.05, 3.63) is 11.9 Å². The van der Waals surface area contributed by atoms with Gasteiger partial charge in [0.15, 0.2) is 5.69 Å². The highest BCUT2D eigenvalue weighted by atomic mass is 32.1. The van der Waals surface area contributed by atoms with E-state index in [2.05, 4.69) is 19.4 Å². The fraction of sp³-hybridized carbons (Fsp3) is 0.700. The van der Waals surface area contributed by atoms with Gasteiger partial charge in [0.25, 0.3) is 5.91 Å². The molecular formula is C10H16N4OS. The van der Waals surface area contributed by atoms with Gasteiger partial charge in [-0.1, -0.05) is 0 Å². The molecule has 0 aromatic carbocycles. The molecule has 0 unspecified atom stereocenters. The third kappa shape index (κ3) is 2.76. The minimum Gasteiger partial charge on any atom is -0.348 e. The summed E-state index contributed by atoms with van der Waals surface area (Å²) in [6, 6.07) is 0.896.